The van der Waals surface area contributed by atoms with E-state index in [0.29, 0.717) is 43.2 Å². The van der Waals surface area contributed by atoms with E-state index in [0.717, 1.165) is 0 Å². The number of primary sulfonamides is 1. The molecule has 1 atom stereocenters. The van der Waals surface area contributed by atoms with Gasteiger partial charge in [-0.1, -0.05) is 12.1 Å². The van der Waals surface area contributed by atoms with E-state index in [1.807, 2.05) is 38.1 Å². The standard InChI is InChI=1S/C21H29N3O7S/c1-4-29-16-7-5-6-8-17(16)30-10-9-24-14(2)11-15-12-18(31-21(22)25)20(28-3)19(13-15)32(23,26)27/h5-8,12-14,24H,4,9-11H2,1-3H3,(H2,22,25)(H2,23,26,27)/t14-/m1/s1. The van der Waals surface area contributed by atoms with Crippen molar-refractivity contribution < 1.29 is 32.2 Å². The molecule has 5 N–H and O–H groups in total. The lowest BCUT2D eigenvalue weighted by molar-refractivity contribution is 0.208. The van der Waals surface area contributed by atoms with Crippen molar-refractivity contribution in [2.24, 2.45) is 10.9 Å². The first-order valence-electron chi connectivity index (χ1n) is 9.94. The van der Waals surface area contributed by atoms with Crippen molar-refractivity contribution in [3.8, 4) is 23.0 Å². The number of para-hydroxylation sites is 2. The number of primary amides is 1. The second-order valence-electron chi connectivity index (χ2n) is 6.88. The van der Waals surface area contributed by atoms with Crippen molar-refractivity contribution in [1.29, 1.82) is 0 Å². The van der Waals surface area contributed by atoms with Crippen molar-refractivity contribution in [2.45, 2.75) is 31.2 Å². The van der Waals surface area contributed by atoms with Gasteiger partial charge in [-0.15, -0.1) is 0 Å². The summed E-state index contributed by atoms with van der Waals surface area (Å²) in [7, 11) is -2.89. The molecule has 0 radical (unpaired) electrons. The third kappa shape index (κ3) is 7.29. The second kappa shape index (κ2) is 11.6. The van der Waals surface area contributed by atoms with Crippen LogP contribution in [0.5, 0.6) is 23.0 Å². The SMILES string of the molecule is CCOc1ccccc1OCCN[C@H](C)Cc1cc(OC(N)=O)c(OC)c(S(N)(=O)=O)c1. The third-order valence-corrected chi connectivity index (χ3v) is 5.26. The summed E-state index contributed by atoms with van der Waals surface area (Å²) in [5.74, 6) is 1.03. The average Bonchev–Trinajstić information content (AvgIpc) is 2.71. The van der Waals surface area contributed by atoms with Crippen LogP contribution in [0.2, 0.25) is 0 Å². The second-order valence-corrected chi connectivity index (χ2v) is 8.41. The van der Waals surface area contributed by atoms with Gasteiger partial charge in [-0.05, 0) is 50.1 Å². The van der Waals surface area contributed by atoms with Crippen LogP contribution in [0.25, 0.3) is 0 Å². The molecule has 0 aliphatic carbocycles. The van der Waals surface area contributed by atoms with E-state index in [1.165, 1.54) is 19.2 Å². The molecule has 0 saturated heterocycles. The zero-order valence-electron chi connectivity index (χ0n) is 18.3. The summed E-state index contributed by atoms with van der Waals surface area (Å²) in [6.07, 6.45) is -0.687. The number of nitrogens with two attached hydrogens (primary N) is 2. The summed E-state index contributed by atoms with van der Waals surface area (Å²) < 4.78 is 45.3. The minimum absolute atomic E-state index is 0.0658. The molecular weight excluding hydrogens is 438 g/mol. The molecule has 0 aliphatic rings. The monoisotopic (exact) mass is 467 g/mol. The highest BCUT2D eigenvalue weighted by molar-refractivity contribution is 7.89. The molecule has 0 unspecified atom stereocenters. The van der Waals surface area contributed by atoms with Gasteiger partial charge >= 0.3 is 6.09 Å². The molecule has 176 valence electrons. The third-order valence-electron chi connectivity index (χ3n) is 4.35. The minimum Gasteiger partial charge on any atom is -0.492 e. The highest BCUT2D eigenvalue weighted by atomic mass is 32.2. The average molecular weight is 468 g/mol. The molecule has 0 fully saturated rings. The lowest BCUT2D eigenvalue weighted by atomic mass is 10.1. The number of nitrogens with one attached hydrogen (secondary N) is 1. The Labute approximate surface area is 187 Å². The number of rotatable bonds is 12. The Bertz CT molecular complexity index is 1030. The number of methoxy groups -OCH3 is 1. The highest BCUT2D eigenvalue weighted by Crippen LogP contribution is 2.35. The van der Waals surface area contributed by atoms with E-state index in [9.17, 15) is 13.2 Å². The number of ether oxygens (including phenoxy) is 4. The number of carbonyl (C=O) groups excluding carboxylic acids is 1. The molecule has 10 nitrogen and oxygen atoms in total. The lowest BCUT2D eigenvalue weighted by Gasteiger charge is -2.18. The smallest absolute Gasteiger partial charge is 0.410 e. The van der Waals surface area contributed by atoms with Crippen molar-refractivity contribution >= 4 is 16.1 Å². The molecule has 2 aromatic rings. The number of sulfonamides is 1. The van der Waals surface area contributed by atoms with Crippen LogP contribution < -0.4 is 35.1 Å². The number of carbonyl (C=O) groups is 1. The van der Waals surface area contributed by atoms with Crippen molar-refractivity contribution in [3.63, 3.8) is 0 Å². The molecule has 0 aromatic heterocycles. The Hall–Kier alpha value is -3.02. The van der Waals surface area contributed by atoms with Gasteiger partial charge in [0, 0.05) is 12.6 Å². The summed E-state index contributed by atoms with van der Waals surface area (Å²) in [6.45, 7) is 5.30. The predicted octanol–water partition coefficient (Wildman–Crippen LogP) is 1.80. The zero-order valence-corrected chi connectivity index (χ0v) is 19.1. The predicted molar refractivity (Wildman–Crippen MR) is 119 cm³/mol. The molecule has 2 rings (SSSR count). The van der Waals surface area contributed by atoms with Crippen molar-refractivity contribution in [3.05, 3.63) is 42.0 Å². The number of hydrogen-bond donors (Lipinski definition) is 3. The van der Waals surface area contributed by atoms with E-state index < -0.39 is 16.1 Å². The Morgan fingerprint density at radius 3 is 2.34 bits per heavy atom. The first-order valence-corrected chi connectivity index (χ1v) is 11.5. The maximum absolute atomic E-state index is 12.0. The molecule has 32 heavy (non-hydrogen) atoms. The summed E-state index contributed by atoms with van der Waals surface area (Å²) in [4.78, 5) is 10.9. The first kappa shape index (κ1) is 25.2. The maximum atomic E-state index is 12.0. The van der Waals surface area contributed by atoms with Crippen LogP contribution in [0.15, 0.2) is 41.3 Å². The molecule has 11 heteroatoms. The Kier molecular flexibility index (Phi) is 9.12. The summed E-state index contributed by atoms with van der Waals surface area (Å²) in [6, 6.07) is 10.2. The van der Waals surface area contributed by atoms with Gasteiger partial charge in [-0.2, -0.15) is 0 Å². The molecule has 0 heterocycles. The van der Waals surface area contributed by atoms with Gasteiger partial charge in [-0.25, -0.2) is 18.4 Å². The fourth-order valence-electron chi connectivity index (χ4n) is 3.08. The van der Waals surface area contributed by atoms with E-state index in [1.54, 1.807) is 0 Å². The number of hydrogen-bond acceptors (Lipinski definition) is 8. The maximum Gasteiger partial charge on any atom is 0.410 e. The van der Waals surface area contributed by atoms with Crippen molar-refractivity contribution in [2.75, 3.05) is 26.9 Å². The van der Waals surface area contributed by atoms with Gasteiger partial charge in [0.15, 0.2) is 23.0 Å². The van der Waals surface area contributed by atoms with Gasteiger partial charge in [0.1, 0.15) is 11.5 Å². The first-order chi connectivity index (χ1) is 15.2. The molecule has 0 saturated carbocycles. The van der Waals surface area contributed by atoms with E-state index >= 15 is 0 Å². The minimum atomic E-state index is -4.13. The van der Waals surface area contributed by atoms with Gasteiger partial charge in [0.25, 0.3) is 0 Å². The van der Waals surface area contributed by atoms with E-state index in [-0.39, 0.29) is 22.4 Å². The van der Waals surface area contributed by atoms with Crippen LogP contribution in [0.3, 0.4) is 0 Å². The molecular formula is C21H29N3O7S. The fraction of sp³-hybridized carbons (Fsp3) is 0.381. The largest absolute Gasteiger partial charge is 0.492 e. The molecule has 0 bridgehead atoms. The molecule has 0 aliphatic heterocycles. The van der Waals surface area contributed by atoms with Crippen LogP contribution in [0.4, 0.5) is 4.79 Å². The van der Waals surface area contributed by atoms with Gasteiger partial charge in [-0.3, -0.25) is 0 Å². The normalized spacial score (nSPS) is 12.1. The molecule has 0 spiro atoms. The van der Waals surface area contributed by atoms with Gasteiger partial charge < -0.3 is 30.0 Å². The summed E-state index contributed by atoms with van der Waals surface area (Å²) in [5.41, 5.74) is 5.65. The van der Waals surface area contributed by atoms with Gasteiger partial charge in [0.2, 0.25) is 10.0 Å². The highest BCUT2D eigenvalue weighted by Gasteiger charge is 2.23. The van der Waals surface area contributed by atoms with Crippen LogP contribution >= 0.6 is 0 Å². The van der Waals surface area contributed by atoms with Crippen LogP contribution in [-0.2, 0) is 16.4 Å². The Morgan fingerprint density at radius 1 is 1.12 bits per heavy atom. The number of amides is 1. The van der Waals surface area contributed by atoms with Crippen LogP contribution in [0.1, 0.15) is 19.4 Å². The summed E-state index contributed by atoms with van der Waals surface area (Å²) in [5, 5.41) is 8.59. The quantitative estimate of drug-likeness (QED) is 0.400. The van der Waals surface area contributed by atoms with E-state index in [2.05, 4.69) is 5.32 Å². The van der Waals surface area contributed by atoms with Crippen molar-refractivity contribution in [1.82, 2.24) is 5.32 Å². The number of benzene rings is 2. The van der Waals surface area contributed by atoms with E-state index in [4.69, 9.17) is 29.8 Å². The molecule has 1 amide bonds. The lowest BCUT2D eigenvalue weighted by Crippen LogP contribution is -2.32. The van der Waals surface area contributed by atoms with Crippen LogP contribution in [0, 0.1) is 0 Å². The zero-order chi connectivity index (χ0) is 23.7. The Balaban J connectivity index is 2.04. The van der Waals surface area contributed by atoms with Gasteiger partial charge in [0.05, 0.1) is 13.7 Å². The molecule has 2 aromatic carbocycles. The van der Waals surface area contributed by atoms with Crippen LogP contribution in [-0.4, -0.2) is 47.4 Å². The fourth-order valence-corrected chi connectivity index (χ4v) is 3.84. The topological polar surface area (TPSA) is 152 Å². The Morgan fingerprint density at radius 2 is 1.78 bits per heavy atom. The summed E-state index contributed by atoms with van der Waals surface area (Å²) >= 11 is 0.